The molecule has 2 nitrogen and oxygen atoms in total. The highest BCUT2D eigenvalue weighted by atomic mass is 32.2. The van der Waals surface area contributed by atoms with Crippen molar-refractivity contribution in [1.29, 1.82) is 0 Å². The van der Waals surface area contributed by atoms with Gasteiger partial charge in [0.2, 0.25) is 0 Å². The molecular weight excluding hydrogens is 216 g/mol. The molecule has 0 saturated carbocycles. The van der Waals surface area contributed by atoms with Crippen LogP contribution in [0.1, 0.15) is 0 Å². The van der Waals surface area contributed by atoms with Crippen LogP contribution in [0.5, 0.6) is 0 Å². The first-order chi connectivity index (χ1) is 7.86. The minimum atomic E-state index is 0.995. The standard InChI is InChI=1S/C13H10N2S/c14-16-11-6-5-10-7-9-3-1-2-4-12(9)15-13(10)8-11/h1-8H,14H2. The maximum Gasteiger partial charge on any atom is 0.0721 e. The van der Waals surface area contributed by atoms with E-state index in [9.17, 15) is 0 Å². The van der Waals surface area contributed by atoms with Crippen LogP contribution in [0.3, 0.4) is 0 Å². The van der Waals surface area contributed by atoms with E-state index in [1.807, 2.05) is 30.3 Å². The van der Waals surface area contributed by atoms with E-state index in [0.29, 0.717) is 0 Å². The molecule has 0 aliphatic heterocycles. The van der Waals surface area contributed by atoms with Gasteiger partial charge in [-0.1, -0.05) is 24.3 Å². The third-order valence-corrected chi connectivity index (χ3v) is 3.15. The Labute approximate surface area is 97.6 Å². The Morgan fingerprint density at radius 1 is 0.875 bits per heavy atom. The number of pyridine rings is 1. The lowest BCUT2D eigenvalue weighted by atomic mass is 10.1. The summed E-state index contributed by atoms with van der Waals surface area (Å²) in [6.07, 6.45) is 0. The molecule has 3 aromatic rings. The molecule has 1 heterocycles. The van der Waals surface area contributed by atoms with Crippen LogP contribution in [0.25, 0.3) is 21.8 Å². The summed E-state index contributed by atoms with van der Waals surface area (Å²) >= 11 is 1.25. The molecule has 0 amide bonds. The first-order valence-electron chi connectivity index (χ1n) is 5.03. The molecule has 0 aliphatic carbocycles. The number of fused-ring (bicyclic) bond motifs is 2. The molecule has 1 aromatic heterocycles. The summed E-state index contributed by atoms with van der Waals surface area (Å²) in [4.78, 5) is 5.65. The molecule has 3 rings (SSSR count). The Balaban J connectivity index is 2.37. The van der Waals surface area contributed by atoms with E-state index in [0.717, 1.165) is 21.3 Å². The molecular formula is C13H10N2S. The summed E-state index contributed by atoms with van der Waals surface area (Å²) < 4.78 is 0. The fourth-order valence-electron chi connectivity index (χ4n) is 1.82. The van der Waals surface area contributed by atoms with Gasteiger partial charge < -0.3 is 0 Å². The highest BCUT2D eigenvalue weighted by molar-refractivity contribution is 7.97. The van der Waals surface area contributed by atoms with Crippen molar-refractivity contribution in [3.05, 3.63) is 48.5 Å². The zero-order valence-corrected chi connectivity index (χ0v) is 9.37. The van der Waals surface area contributed by atoms with Crippen molar-refractivity contribution in [1.82, 2.24) is 4.98 Å². The van der Waals surface area contributed by atoms with Crippen LogP contribution in [-0.2, 0) is 0 Å². The van der Waals surface area contributed by atoms with Gasteiger partial charge in [0.1, 0.15) is 0 Å². The first kappa shape index (κ1) is 9.63. The monoisotopic (exact) mass is 226 g/mol. The zero-order valence-electron chi connectivity index (χ0n) is 8.55. The smallest absolute Gasteiger partial charge is 0.0721 e. The number of hydrogen-bond donors (Lipinski definition) is 1. The molecule has 2 N–H and O–H groups in total. The van der Waals surface area contributed by atoms with Crippen LogP contribution < -0.4 is 5.14 Å². The maximum atomic E-state index is 5.54. The van der Waals surface area contributed by atoms with E-state index in [4.69, 9.17) is 5.14 Å². The number of rotatable bonds is 1. The topological polar surface area (TPSA) is 38.9 Å². The van der Waals surface area contributed by atoms with Gasteiger partial charge in [-0.2, -0.15) is 0 Å². The second-order valence-corrected chi connectivity index (χ2v) is 4.36. The number of aromatic nitrogens is 1. The SMILES string of the molecule is NSc1ccc2cc3ccccc3nc2c1. The Morgan fingerprint density at radius 2 is 1.69 bits per heavy atom. The summed E-state index contributed by atoms with van der Waals surface area (Å²) in [5.41, 5.74) is 2.02. The molecule has 0 aliphatic rings. The molecule has 0 atom stereocenters. The summed E-state index contributed by atoms with van der Waals surface area (Å²) in [6, 6.07) is 16.4. The van der Waals surface area contributed by atoms with E-state index >= 15 is 0 Å². The lowest BCUT2D eigenvalue weighted by Gasteiger charge is -2.02. The zero-order chi connectivity index (χ0) is 11.0. The lowest BCUT2D eigenvalue weighted by Crippen LogP contribution is -1.84. The second kappa shape index (κ2) is 3.77. The van der Waals surface area contributed by atoms with Gasteiger partial charge in [0.25, 0.3) is 0 Å². The minimum Gasteiger partial charge on any atom is -0.274 e. The Hall–Kier alpha value is -1.58. The van der Waals surface area contributed by atoms with Crippen LogP contribution in [0, 0.1) is 0 Å². The van der Waals surface area contributed by atoms with Crippen molar-refractivity contribution in [3.63, 3.8) is 0 Å². The van der Waals surface area contributed by atoms with Crippen LogP contribution >= 0.6 is 11.9 Å². The number of nitrogens with two attached hydrogens (primary N) is 1. The van der Waals surface area contributed by atoms with E-state index in [-0.39, 0.29) is 0 Å². The highest BCUT2D eigenvalue weighted by Gasteiger charge is 2.00. The maximum absolute atomic E-state index is 5.54. The van der Waals surface area contributed by atoms with Crippen LogP contribution in [-0.4, -0.2) is 4.98 Å². The van der Waals surface area contributed by atoms with Crippen molar-refractivity contribution in [2.24, 2.45) is 5.14 Å². The predicted molar refractivity (Wildman–Crippen MR) is 69.3 cm³/mol. The summed E-state index contributed by atoms with van der Waals surface area (Å²) in [5, 5.41) is 7.86. The molecule has 16 heavy (non-hydrogen) atoms. The van der Waals surface area contributed by atoms with Crippen molar-refractivity contribution in [2.45, 2.75) is 4.90 Å². The van der Waals surface area contributed by atoms with Gasteiger partial charge in [-0.05, 0) is 36.2 Å². The summed E-state index contributed by atoms with van der Waals surface area (Å²) in [6.45, 7) is 0. The molecule has 0 radical (unpaired) electrons. The van der Waals surface area contributed by atoms with Crippen molar-refractivity contribution in [3.8, 4) is 0 Å². The number of hydrogen-bond acceptors (Lipinski definition) is 3. The molecule has 78 valence electrons. The molecule has 0 unspecified atom stereocenters. The normalized spacial score (nSPS) is 11.1. The van der Waals surface area contributed by atoms with Crippen LogP contribution in [0.4, 0.5) is 0 Å². The molecule has 2 aromatic carbocycles. The van der Waals surface area contributed by atoms with Crippen molar-refractivity contribution < 1.29 is 0 Å². The van der Waals surface area contributed by atoms with Gasteiger partial charge in [-0.3, -0.25) is 5.14 Å². The fourth-order valence-corrected chi connectivity index (χ4v) is 2.15. The van der Waals surface area contributed by atoms with Crippen LogP contribution in [0.2, 0.25) is 0 Å². The molecule has 0 spiro atoms. The molecule has 0 bridgehead atoms. The molecule has 0 saturated heterocycles. The molecule has 0 fully saturated rings. The van der Waals surface area contributed by atoms with Gasteiger partial charge in [0, 0.05) is 15.7 Å². The van der Waals surface area contributed by atoms with Crippen molar-refractivity contribution in [2.75, 3.05) is 0 Å². The fraction of sp³-hybridized carbons (Fsp3) is 0. The number of para-hydroxylation sites is 1. The summed E-state index contributed by atoms with van der Waals surface area (Å²) in [5.74, 6) is 0. The van der Waals surface area contributed by atoms with E-state index < -0.39 is 0 Å². The van der Waals surface area contributed by atoms with Gasteiger partial charge in [0.05, 0.1) is 11.0 Å². The highest BCUT2D eigenvalue weighted by Crippen LogP contribution is 2.22. The Kier molecular flexibility index (Phi) is 2.27. The van der Waals surface area contributed by atoms with Crippen LogP contribution in [0.15, 0.2) is 53.4 Å². The Bertz CT molecular complexity index is 664. The third-order valence-electron chi connectivity index (χ3n) is 2.63. The third kappa shape index (κ3) is 1.54. The average Bonchev–Trinajstić information content (AvgIpc) is 2.35. The lowest BCUT2D eigenvalue weighted by molar-refractivity contribution is 1.43. The second-order valence-electron chi connectivity index (χ2n) is 3.65. The van der Waals surface area contributed by atoms with Gasteiger partial charge in [-0.15, -0.1) is 0 Å². The first-order valence-corrected chi connectivity index (χ1v) is 5.91. The quantitative estimate of drug-likeness (QED) is 0.511. The van der Waals surface area contributed by atoms with E-state index in [1.54, 1.807) is 0 Å². The van der Waals surface area contributed by atoms with Gasteiger partial charge in [0.15, 0.2) is 0 Å². The van der Waals surface area contributed by atoms with E-state index in [1.165, 1.54) is 17.3 Å². The number of benzene rings is 2. The van der Waals surface area contributed by atoms with Gasteiger partial charge in [-0.25, -0.2) is 4.98 Å². The Morgan fingerprint density at radius 3 is 2.56 bits per heavy atom. The van der Waals surface area contributed by atoms with Crippen molar-refractivity contribution >= 4 is 33.8 Å². The predicted octanol–water partition coefficient (Wildman–Crippen LogP) is 3.35. The average molecular weight is 226 g/mol. The largest absolute Gasteiger partial charge is 0.274 e. The van der Waals surface area contributed by atoms with E-state index in [2.05, 4.69) is 23.2 Å². The molecule has 3 heteroatoms. The van der Waals surface area contributed by atoms with Gasteiger partial charge >= 0.3 is 0 Å². The number of nitrogens with zero attached hydrogens (tertiary/aromatic N) is 1. The summed E-state index contributed by atoms with van der Waals surface area (Å²) in [7, 11) is 0. The minimum absolute atomic E-state index is 0.995.